The van der Waals surface area contributed by atoms with Gasteiger partial charge in [-0.05, 0) is 59.8 Å². The van der Waals surface area contributed by atoms with Crippen LogP contribution in [0.5, 0.6) is 0 Å². The molecule has 0 spiro atoms. The van der Waals surface area contributed by atoms with Crippen LogP contribution in [0.2, 0.25) is 0 Å². The van der Waals surface area contributed by atoms with E-state index in [-0.39, 0.29) is 18.6 Å². The lowest BCUT2D eigenvalue weighted by atomic mass is 10.1. The van der Waals surface area contributed by atoms with Gasteiger partial charge in [0.1, 0.15) is 6.54 Å². The molecule has 2 rings (SSSR count). The smallest absolute Gasteiger partial charge is 0.323 e. The molecule has 2 amide bonds. The summed E-state index contributed by atoms with van der Waals surface area (Å²) in [4.78, 5) is 24.5. The minimum Gasteiger partial charge on any atom is -0.480 e. The SMILES string of the molecule is Cc1cc(C)c(NC(=O)N(CC(=O)O)C2CC2)c(Br)c1. The summed E-state index contributed by atoms with van der Waals surface area (Å²) in [5, 5.41) is 11.7. The van der Waals surface area contributed by atoms with Gasteiger partial charge in [0.2, 0.25) is 0 Å². The summed E-state index contributed by atoms with van der Waals surface area (Å²) in [5.41, 5.74) is 2.73. The van der Waals surface area contributed by atoms with Crippen LogP contribution >= 0.6 is 15.9 Å². The molecule has 0 saturated heterocycles. The van der Waals surface area contributed by atoms with Crippen LogP contribution < -0.4 is 5.32 Å². The molecule has 1 aliphatic rings. The minimum absolute atomic E-state index is 0.0515. The molecule has 1 aromatic carbocycles. The third-order valence-corrected chi connectivity index (χ3v) is 3.84. The van der Waals surface area contributed by atoms with Gasteiger partial charge in [-0.2, -0.15) is 0 Å². The minimum atomic E-state index is -0.994. The number of aryl methyl sites for hydroxylation is 2. The summed E-state index contributed by atoms with van der Waals surface area (Å²) in [7, 11) is 0. The number of carboxylic acid groups (broad SMARTS) is 1. The second kappa shape index (κ2) is 5.83. The predicted octanol–water partition coefficient (Wildman–Crippen LogP) is 3.15. The van der Waals surface area contributed by atoms with E-state index < -0.39 is 5.97 Å². The standard InChI is InChI=1S/C14H17BrN2O3/c1-8-5-9(2)13(11(15)6-8)16-14(20)17(7-12(18)19)10-3-4-10/h5-6,10H,3-4,7H2,1-2H3,(H,16,20)(H,18,19). The molecular weight excluding hydrogens is 324 g/mol. The van der Waals surface area contributed by atoms with E-state index in [1.165, 1.54) is 4.90 Å². The van der Waals surface area contributed by atoms with Crippen molar-refractivity contribution < 1.29 is 14.7 Å². The van der Waals surface area contributed by atoms with Crippen LogP contribution in [0.4, 0.5) is 10.5 Å². The van der Waals surface area contributed by atoms with Crippen molar-refractivity contribution in [2.24, 2.45) is 0 Å². The van der Waals surface area contributed by atoms with Gasteiger partial charge in [-0.3, -0.25) is 4.79 Å². The van der Waals surface area contributed by atoms with Gasteiger partial charge in [-0.15, -0.1) is 0 Å². The van der Waals surface area contributed by atoms with Crippen LogP contribution in [0.1, 0.15) is 24.0 Å². The highest BCUT2D eigenvalue weighted by Crippen LogP contribution is 2.30. The van der Waals surface area contributed by atoms with Gasteiger partial charge in [-0.25, -0.2) is 4.79 Å². The monoisotopic (exact) mass is 340 g/mol. The van der Waals surface area contributed by atoms with E-state index in [1.54, 1.807) is 0 Å². The lowest BCUT2D eigenvalue weighted by Gasteiger charge is -2.22. The molecule has 0 atom stereocenters. The van der Waals surface area contributed by atoms with Crippen LogP contribution in [0.25, 0.3) is 0 Å². The molecular formula is C14H17BrN2O3. The maximum atomic E-state index is 12.2. The summed E-state index contributed by atoms with van der Waals surface area (Å²) >= 11 is 3.43. The van der Waals surface area contributed by atoms with Gasteiger partial charge < -0.3 is 15.3 Å². The second-order valence-corrected chi connectivity index (χ2v) is 5.98. The molecule has 108 valence electrons. The van der Waals surface area contributed by atoms with Crippen molar-refractivity contribution in [2.75, 3.05) is 11.9 Å². The number of urea groups is 1. The van der Waals surface area contributed by atoms with Crippen molar-refractivity contribution >= 4 is 33.6 Å². The molecule has 0 aromatic heterocycles. The zero-order valence-corrected chi connectivity index (χ0v) is 13.0. The van der Waals surface area contributed by atoms with E-state index in [9.17, 15) is 9.59 Å². The van der Waals surface area contributed by atoms with Crippen LogP contribution in [0, 0.1) is 13.8 Å². The Balaban J connectivity index is 2.16. The Morgan fingerprint density at radius 1 is 1.40 bits per heavy atom. The number of carbonyl (C=O) groups excluding carboxylic acids is 1. The quantitative estimate of drug-likeness (QED) is 0.884. The molecule has 2 N–H and O–H groups in total. The number of carbonyl (C=O) groups is 2. The summed E-state index contributed by atoms with van der Waals surface area (Å²) in [5.74, 6) is -0.994. The van der Waals surface area contributed by atoms with Crippen molar-refractivity contribution in [3.8, 4) is 0 Å². The lowest BCUT2D eigenvalue weighted by molar-refractivity contribution is -0.137. The Bertz CT molecular complexity index is 532. The summed E-state index contributed by atoms with van der Waals surface area (Å²) in [6.07, 6.45) is 1.74. The number of benzene rings is 1. The van der Waals surface area contributed by atoms with Gasteiger partial charge in [0, 0.05) is 10.5 Å². The maximum absolute atomic E-state index is 12.2. The average molecular weight is 341 g/mol. The molecule has 0 radical (unpaired) electrons. The van der Waals surface area contributed by atoms with Crippen LogP contribution in [0.15, 0.2) is 16.6 Å². The van der Waals surface area contributed by atoms with Crippen LogP contribution in [0.3, 0.4) is 0 Å². The second-order valence-electron chi connectivity index (χ2n) is 5.12. The zero-order chi connectivity index (χ0) is 14.9. The molecule has 6 heteroatoms. The molecule has 5 nitrogen and oxygen atoms in total. The highest BCUT2D eigenvalue weighted by Gasteiger charge is 2.34. The largest absolute Gasteiger partial charge is 0.480 e. The first-order chi connectivity index (χ1) is 9.38. The van der Waals surface area contributed by atoms with Gasteiger partial charge in [0.25, 0.3) is 0 Å². The number of carboxylic acids is 1. The summed E-state index contributed by atoms with van der Waals surface area (Å²) < 4.78 is 0.800. The van der Waals surface area contributed by atoms with Crippen molar-refractivity contribution in [1.29, 1.82) is 0 Å². The topological polar surface area (TPSA) is 69.6 Å². The maximum Gasteiger partial charge on any atom is 0.323 e. The van der Waals surface area contributed by atoms with Gasteiger partial charge in [0.05, 0.1) is 5.69 Å². The Morgan fingerprint density at radius 3 is 2.55 bits per heavy atom. The highest BCUT2D eigenvalue weighted by molar-refractivity contribution is 9.10. The van der Waals surface area contributed by atoms with Crippen molar-refractivity contribution in [3.63, 3.8) is 0 Å². The summed E-state index contributed by atoms with van der Waals surface area (Å²) in [6.45, 7) is 3.62. The number of nitrogens with one attached hydrogen (secondary N) is 1. The number of hydrogen-bond donors (Lipinski definition) is 2. The third kappa shape index (κ3) is 3.50. The fourth-order valence-electron chi connectivity index (χ4n) is 2.15. The van der Waals surface area contributed by atoms with Gasteiger partial charge >= 0.3 is 12.0 Å². The normalized spacial score (nSPS) is 13.9. The number of halogens is 1. The molecule has 20 heavy (non-hydrogen) atoms. The van der Waals surface area contributed by atoms with Crippen molar-refractivity contribution in [3.05, 3.63) is 27.7 Å². The van der Waals surface area contributed by atoms with E-state index in [0.717, 1.165) is 28.4 Å². The number of amides is 2. The fourth-order valence-corrected chi connectivity index (χ4v) is 2.92. The average Bonchev–Trinajstić information content (AvgIpc) is 3.14. The Kier molecular flexibility index (Phi) is 4.32. The lowest BCUT2D eigenvalue weighted by Crippen LogP contribution is -2.40. The molecule has 0 bridgehead atoms. The molecule has 1 aliphatic carbocycles. The number of anilines is 1. The van der Waals surface area contributed by atoms with Crippen molar-refractivity contribution in [2.45, 2.75) is 32.7 Å². The fraction of sp³-hybridized carbons (Fsp3) is 0.429. The van der Waals surface area contributed by atoms with Crippen LogP contribution in [-0.2, 0) is 4.79 Å². The first kappa shape index (κ1) is 14.8. The first-order valence-electron chi connectivity index (χ1n) is 6.44. The number of aliphatic carboxylic acids is 1. The van der Waals surface area contributed by atoms with E-state index in [4.69, 9.17) is 5.11 Å². The third-order valence-electron chi connectivity index (χ3n) is 3.22. The van der Waals surface area contributed by atoms with Gasteiger partial charge in [0.15, 0.2) is 0 Å². The Morgan fingerprint density at radius 2 is 2.05 bits per heavy atom. The molecule has 0 heterocycles. The molecule has 0 unspecified atom stereocenters. The Labute approximate surface area is 126 Å². The van der Waals surface area contributed by atoms with E-state index >= 15 is 0 Å². The van der Waals surface area contributed by atoms with E-state index in [1.807, 2.05) is 26.0 Å². The molecule has 0 aliphatic heterocycles. The number of rotatable bonds is 4. The summed E-state index contributed by atoms with van der Waals surface area (Å²) in [6, 6.07) is 3.58. The predicted molar refractivity (Wildman–Crippen MR) is 80.0 cm³/mol. The van der Waals surface area contributed by atoms with Crippen LogP contribution in [-0.4, -0.2) is 34.6 Å². The highest BCUT2D eigenvalue weighted by atomic mass is 79.9. The molecule has 1 saturated carbocycles. The molecule has 1 fully saturated rings. The first-order valence-corrected chi connectivity index (χ1v) is 7.24. The van der Waals surface area contributed by atoms with Crippen molar-refractivity contribution in [1.82, 2.24) is 4.90 Å². The number of nitrogens with zero attached hydrogens (tertiary/aromatic N) is 1. The molecule has 1 aromatic rings. The Hall–Kier alpha value is -1.56. The van der Waals surface area contributed by atoms with Gasteiger partial charge in [-0.1, -0.05) is 6.07 Å². The van der Waals surface area contributed by atoms with E-state index in [0.29, 0.717) is 5.69 Å². The van der Waals surface area contributed by atoms with E-state index in [2.05, 4.69) is 21.2 Å². The number of hydrogen-bond acceptors (Lipinski definition) is 2. The zero-order valence-electron chi connectivity index (χ0n) is 11.4.